The lowest BCUT2D eigenvalue weighted by Gasteiger charge is -2.08. The van der Waals surface area contributed by atoms with Gasteiger partial charge in [0, 0.05) is 6.20 Å². The van der Waals surface area contributed by atoms with Gasteiger partial charge in [0.05, 0.1) is 11.2 Å². The van der Waals surface area contributed by atoms with Crippen molar-refractivity contribution < 1.29 is 4.74 Å². The molecule has 0 bridgehead atoms. The van der Waals surface area contributed by atoms with E-state index < -0.39 is 0 Å². The Kier molecular flexibility index (Phi) is 3.96. The molecule has 1 heterocycles. The van der Waals surface area contributed by atoms with Crippen LogP contribution in [0.3, 0.4) is 0 Å². The molecule has 0 radical (unpaired) electrons. The molecule has 0 aliphatic heterocycles. The fraction of sp³-hybridized carbons (Fsp3) is 0.154. The molecule has 0 fully saturated rings. The zero-order valence-electron chi connectivity index (χ0n) is 9.27. The molecule has 1 aromatic heterocycles. The van der Waals surface area contributed by atoms with Crippen LogP contribution in [0.2, 0.25) is 5.02 Å². The largest absolute Gasteiger partial charge is 0.454 e. The van der Waals surface area contributed by atoms with Gasteiger partial charge in [-0.2, -0.15) is 0 Å². The Morgan fingerprint density at radius 2 is 2.18 bits per heavy atom. The standard InChI is InChI=1S/C13H13ClN2O/c14-12-8-10(5-6-15)3-4-13(12)17-11-2-1-7-16-9-11/h1-4,7-9H,5-6,15H2. The summed E-state index contributed by atoms with van der Waals surface area (Å²) in [5, 5.41) is 0.583. The number of pyridine rings is 1. The molecule has 0 unspecified atom stereocenters. The number of halogens is 1. The van der Waals surface area contributed by atoms with Crippen molar-refractivity contribution in [3.63, 3.8) is 0 Å². The third-order valence-corrected chi connectivity index (χ3v) is 2.59. The van der Waals surface area contributed by atoms with Gasteiger partial charge in [0.25, 0.3) is 0 Å². The number of nitrogens with zero attached hydrogens (tertiary/aromatic N) is 1. The fourth-order valence-electron chi connectivity index (χ4n) is 1.48. The molecule has 0 saturated heterocycles. The van der Waals surface area contributed by atoms with E-state index in [2.05, 4.69) is 4.98 Å². The molecule has 0 atom stereocenters. The second-order valence-corrected chi connectivity index (χ2v) is 4.00. The lowest BCUT2D eigenvalue weighted by Crippen LogP contribution is -2.02. The average Bonchev–Trinajstić information content (AvgIpc) is 2.34. The minimum atomic E-state index is 0.583. The summed E-state index contributed by atoms with van der Waals surface area (Å²) in [5.74, 6) is 1.29. The van der Waals surface area contributed by atoms with Gasteiger partial charge in [0.1, 0.15) is 11.5 Å². The number of hydrogen-bond donors (Lipinski definition) is 1. The summed E-state index contributed by atoms with van der Waals surface area (Å²) in [7, 11) is 0. The average molecular weight is 249 g/mol. The highest BCUT2D eigenvalue weighted by atomic mass is 35.5. The molecule has 2 N–H and O–H groups in total. The van der Waals surface area contributed by atoms with E-state index in [1.54, 1.807) is 12.4 Å². The van der Waals surface area contributed by atoms with E-state index in [9.17, 15) is 0 Å². The van der Waals surface area contributed by atoms with Gasteiger partial charge >= 0.3 is 0 Å². The SMILES string of the molecule is NCCc1ccc(Oc2cccnc2)c(Cl)c1. The van der Waals surface area contributed by atoms with E-state index in [1.807, 2.05) is 30.3 Å². The Labute approximate surface area is 105 Å². The van der Waals surface area contributed by atoms with Gasteiger partial charge in [-0.25, -0.2) is 0 Å². The monoisotopic (exact) mass is 248 g/mol. The van der Waals surface area contributed by atoms with Gasteiger partial charge in [0.15, 0.2) is 0 Å². The van der Waals surface area contributed by atoms with E-state index in [0.717, 1.165) is 12.0 Å². The van der Waals surface area contributed by atoms with Crippen molar-refractivity contribution in [1.82, 2.24) is 4.98 Å². The molecule has 3 nitrogen and oxygen atoms in total. The van der Waals surface area contributed by atoms with Crippen LogP contribution < -0.4 is 10.5 Å². The van der Waals surface area contributed by atoms with Crippen molar-refractivity contribution in [1.29, 1.82) is 0 Å². The van der Waals surface area contributed by atoms with E-state index in [4.69, 9.17) is 22.1 Å². The number of rotatable bonds is 4. The second-order valence-electron chi connectivity index (χ2n) is 3.59. The molecule has 2 aromatic rings. The summed E-state index contributed by atoms with van der Waals surface area (Å²) in [6.07, 6.45) is 4.15. The summed E-state index contributed by atoms with van der Waals surface area (Å²) in [6.45, 7) is 0.610. The van der Waals surface area contributed by atoms with Gasteiger partial charge < -0.3 is 10.5 Å². The Bertz CT molecular complexity index is 488. The molecule has 0 aliphatic rings. The van der Waals surface area contributed by atoms with Gasteiger partial charge in [0.2, 0.25) is 0 Å². The van der Waals surface area contributed by atoms with E-state index in [1.165, 1.54) is 0 Å². The highest BCUT2D eigenvalue weighted by molar-refractivity contribution is 6.32. The van der Waals surface area contributed by atoms with Crippen LogP contribution in [-0.2, 0) is 6.42 Å². The maximum Gasteiger partial charge on any atom is 0.146 e. The predicted molar refractivity (Wildman–Crippen MR) is 68.5 cm³/mol. The number of benzene rings is 1. The molecule has 0 spiro atoms. The molecule has 0 saturated carbocycles. The summed E-state index contributed by atoms with van der Waals surface area (Å²) in [6, 6.07) is 9.33. The quantitative estimate of drug-likeness (QED) is 0.905. The second kappa shape index (κ2) is 5.66. The topological polar surface area (TPSA) is 48.1 Å². The van der Waals surface area contributed by atoms with E-state index in [0.29, 0.717) is 23.1 Å². The van der Waals surface area contributed by atoms with E-state index in [-0.39, 0.29) is 0 Å². The maximum absolute atomic E-state index is 6.13. The molecule has 2 rings (SSSR count). The van der Waals surface area contributed by atoms with Crippen molar-refractivity contribution in [2.45, 2.75) is 6.42 Å². The van der Waals surface area contributed by atoms with Gasteiger partial charge in [-0.3, -0.25) is 4.98 Å². The van der Waals surface area contributed by atoms with Crippen molar-refractivity contribution in [3.05, 3.63) is 53.3 Å². The maximum atomic E-state index is 6.13. The van der Waals surface area contributed by atoms with Gasteiger partial charge in [-0.05, 0) is 42.8 Å². The van der Waals surface area contributed by atoms with Crippen LogP contribution in [0.15, 0.2) is 42.7 Å². The third kappa shape index (κ3) is 3.19. The normalized spacial score (nSPS) is 10.2. The molecule has 0 amide bonds. The predicted octanol–water partition coefficient (Wildman–Crippen LogP) is 3.03. The summed E-state index contributed by atoms with van der Waals surface area (Å²) in [4.78, 5) is 3.97. The van der Waals surface area contributed by atoms with Crippen molar-refractivity contribution >= 4 is 11.6 Å². The highest BCUT2D eigenvalue weighted by Crippen LogP contribution is 2.29. The molecular weight excluding hydrogens is 236 g/mol. The van der Waals surface area contributed by atoms with Crippen LogP contribution >= 0.6 is 11.6 Å². The molecule has 1 aromatic carbocycles. The summed E-state index contributed by atoms with van der Waals surface area (Å²) < 4.78 is 5.62. The first kappa shape index (κ1) is 11.9. The fourth-order valence-corrected chi connectivity index (χ4v) is 1.73. The van der Waals surface area contributed by atoms with Crippen LogP contribution in [0.4, 0.5) is 0 Å². The summed E-state index contributed by atoms with van der Waals surface area (Å²) in [5.41, 5.74) is 6.60. The Balaban J connectivity index is 2.17. The number of hydrogen-bond acceptors (Lipinski definition) is 3. The van der Waals surface area contributed by atoms with Crippen LogP contribution in [0.5, 0.6) is 11.5 Å². The van der Waals surface area contributed by atoms with Crippen LogP contribution in [0.25, 0.3) is 0 Å². The molecule has 17 heavy (non-hydrogen) atoms. The molecule has 88 valence electrons. The minimum absolute atomic E-state index is 0.583. The lowest BCUT2D eigenvalue weighted by atomic mass is 10.1. The molecule has 4 heteroatoms. The number of nitrogens with two attached hydrogens (primary N) is 1. The lowest BCUT2D eigenvalue weighted by molar-refractivity contribution is 0.480. The van der Waals surface area contributed by atoms with Crippen molar-refractivity contribution in [3.8, 4) is 11.5 Å². The molecular formula is C13H13ClN2O. The zero-order chi connectivity index (χ0) is 12.1. The number of ether oxygens (including phenoxy) is 1. The first-order chi connectivity index (χ1) is 8.29. The Hall–Kier alpha value is -1.58. The van der Waals surface area contributed by atoms with Crippen LogP contribution in [0.1, 0.15) is 5.56 Å². The first-order valence-electron chi connectivity index (χ1n) is 5.36. The van der Waals surface area contributed by atoms with Gasteiger partial charge in [-0.15, -0.1) is 0 Å². The smallest absolute Gasteiger partial charge is 0.146 e. The minimum Gasteiger partial charge on any atom is -0.454 e. The van der Waals surface area contributed by atoms with Crippen molar-refractivity contribution in [2.75, 3.05) is 6.54 Å². The first-order valence-corrected chi connectivity index (χ1v) is 5.74. The van der Waals surface area contributed by atoms with Crippen LogP contribution in [-0.4, -0.2) is 11.5 Å². The molecule has 0 aliphatic carbocycles. The Morgan fingerprint density at radius 3 is 2.82 bits per heavy atom. The summed E-state index contributed by atoms with van der Waals surface area (Å²) >= 11 is 6.13. The van der Waals surface area contributed by atoms with E-state index >= 15 is 0 Å². The Morgan fingerprint density at radius 1 is 1.29 bits per heavy atom. The van der Waals surface area contributed by atoms with Crippen LogP contribution in [0, 0.1) is 0 Å². The zero-order valence-corrected chi connectivity index (χ0v) is 10.0. The third-order valence-electron chi connectivity index (χ3n) is 2.29. The highest BCUT2D eigenvalue weighted by Gasteiger charge is 2.04. The van der Waals surface area contributed by atoms with Crippen molar-refractivity contribution in [2.24, 2.45) is 5.73 Å². The van der Waals surface area contributed by atoms with Gasteiger partial charge in [-0.1, -0.05) is 17.7 Å². The number of aromatic nitrogens is 1.